The number of benzene rings is 1. The molecular formula is C27H34N4O5. The van der Waals surface area contributed by atoms with Crippen LogP contribution in [-0.2, 0) is 38.6 Å². The van der Waals surface area contributed by atoms with Crippen LogP contribution in [0.1, 0.15) is 49.8 Å². The number of rotatable bonds is 7. The Bertz CT molecular complexity index is 1060. The molecule has 0 saturated carbocycles. The van der Waals surface area contributed by atoms with Crippen molar-refractivity contribution in [3.8, 4) is 0 Å². The van der Waals surface area contributed by atoms with Crippen LogP contribution in [0.5, 0.6) is 0 Å². The lowest BCUT2D eigenvalue weighted by Crippen LogP contribution is -2.54. The van der Waals surface area contributed by atoms with E-state index in [1.165, 1.54) is 0 Å². The molecule has 1 aromatic heterocycles. The van der Waals surface area contributed by atoms with E-state index in [4.69, 9.17) is 4.74 Å². The summed E-state index contributed by atoms with van der Waals surface area (Å²) in [6.07, 6.45) is 5.24. The number of aromatic nitrogens is 1. The van der Waals surface area contributed by atoms with Crippen LogP contribution in [0.4, 0.5) is 4.79 Å². The number of hydrogen-bond donors (Lipinski definition) is 3. The molecule has 2 aromatic rings. The fourth-order valence-corrected chi connectivity index (χ4v) is 4.02. The number of ether oxygens (including phenoxy) is 1. The first-order valence-electron chi connectivity index (χ1n) is 12.3. The van der Waals surface area contributed by atoms with Crippen molar-refractivity contribution in [2.75, 3.05) is 6.54 Å². The number of fused-ring (bicyclic) bond motifs is 2. The number of nitrogens with one attached hydrogen (secondary N) is 3. The van der Waals surface area contributed by atoms with Gasteiger partial charge >= 0.3 is 6.09 Å². The number of amides is 3. The lowest BCUT2D eigenvalue weighted by Gasteiger charge is -2.24. The number of pyridine rings is 1. The maximum absolute atomic E-state index is 13.2. The Labute approximate surface area is 211 Å². The zero-order valence-corrected chi connectivity index (χ0v) is 20.8. The van der Waals surface area contributed by atoms with Crippen LogP contribution in [0.2, 0.25) is 0 Å². The van der Waals surface area contributed by atoms with Crippen molar-refractivity contribution in [3.63, 3.8) is 0 Å². The molecule has 1 aromatic carbocycles. The first kappa shape index (κ1) is 26.8. The SMILES string of the molecule is CC(C)CC(NC(=O)OCc1ccccc1)C(=O)NC1CCc2cncc(c2)CCCNC(=O)C1=O. The number of ketones is 1. The van der Waals surface area contributed by atoms with E-state index in [1.54, 1.807) is 12.4 Å². The van der Waals surface area contributed by atoms with Crippen LogP contribution in [0, 0.1) is 5.92 Å². The van der Waals surface area contributed by atoms with Crippen molar-refractivity contribution in [2.45, 2.75) is 64.6 Å². The molecule has 3 amide bonds. The Morgan fingerprint density at radius 1 is 1.11 bits per heavy atom. The fraction of sp³-hybridized carbons (Fsp3) is 0.444. The van der Waals surface area contributed by atoms with Crippen molar-refractivity contribution in [1.82, 2.24) is 20.9 Å². The minimum absolute atomic E-state index is 0.0665. The minimum Gasteiger partial charge on any atom is -0.445 e. The molecule has 9 heteroatoms. The van der Waals surface area contributed by atoms with E-state index < -0.39 is 35.8 Å². The van der Waals surface area contributed by atoms with Gasteiger partial charge in [0.2, 0.25) is 11.7 Å². The number of nitrogens with zero attached hydrogens (tertiary/aromatic N) is 1. The Kier molecular flexibility index (Phi) is 9.97. The fourth-order valence-electron chi connectivity index (χ4n) is 4.02. The van der Waals surface area contributed by atoms with Crippen molar-refractivity contribution in [1.29, 1.82) is 0 Å². The normalized spacial score (nSPS) is 17.2. The lowest BCUT2D eigenvalue weighted by molar-refractivity contribution is -0.140. The summed E-state index contributed by atoms with van der Waals surface area (Å²) in [5.41, 5.74) is 2.81. The van der Waals surface area contributed by atoms with Crippen molar-refractivity contribution < 1.29 is 23.9 Å². The first-order valence-corrected chi connectivity index (χ1v) is 12.3. The molecule has 2 bridgehead atoms. The lowest BCUT2D eigenvalue weighted by atomic mass is 9.98. The molecule has 9 nitrogen and oxygen atoms in total. The molecule has 192 valence electrons. The van der Waals surface area contributed by atoms with E-state index >= 15 is 0 Å². The molecular weight excluding hydrogens is 460 g/mol. The van der Waals surface area contributed by atoms with Gasteiger partial charge in [0.1, 0.15) is 12.6 Å². The number of alkyl carbamates (subject to hydrolysis) is 1. The number of aryl methyl sites for hydroxylation is 2. The third kappa shape index (κ3) is 8.48. The molecule has 2 atom stereocenters. The second-order valence-corrected chi connectivity index (χ2v) is 9.41. The molecule has 0 spiro atoms. The predicted octanol–water partition coefficient (Wildman–Crippen LogP) is 2.47. The van der Waals surface area contributed by atoms with E-state index in [0.29, 0.717) is 25.8 Å². The van der Waals surface area contributed by atoms with Gasteiger partial charge in [0.25, 0.3) is 5.91 Å². The van der Waals surface area contributed by atoms with Crippen LogP contribution in [0.15, 0.2) is 48.8 Å². The van der Waals surface area contributed by atoms with Crippen LogP contribution < -0.4 is 16.0 Å². The minimum atomic E-state index is -1.03. The summed E-state index contributed by atoms with van der Waals surface area (Å²) in [6.45, 7) is 4.26. The molecule has 2 unspecified atom stereocenters. The van der Waals surface area contributed by atoms with E-state index in [0.717, 1.165) is 23.1 Å². The molecule has 3 N–H and O–H groups in total. The number of carbonyl (C=O) groups is 4. The number of carbonyl (C=O) groups excluding carboxylic acids is 4. The van der Waals surface area contributed by atoms with Gasteiger partial charge in [0.05, 0.1) is 6.04 Å². The van der Waals surface area contributed by atoms with Crippen molar-refractivity contribution >= 4 is 23.7 Å². The molecule has 36 heavy (non-hydrogen) atoms. The molecule has 0 fully saturated rings. The summed E-state index contributed by atoms with van der Waals surface area (Å²) < 4.78 is 5.27. The maximum Gasteiger partial charge on any atom is 0.408 e. The topological polar surface area (TPSA) is 126 Å². The Balaban J connectivity index is 1.68. The smallest absolute Gasteiger partial charge is 0.408 e. The Morgan fingerprint density at radius 3 is 2.56 bits per heavy atom. The molecule has 2 heterocycles. The van der Waals surface area contributed by atoms with E-state index in [2.05, 4.69) is 20.9 Å². The summed E-state index contributed by atoms with van der Waals surface area (Å²) in [4.78, 5) is 55.2. The van der Waals surface area contributed by atoms with Crippen LogP contribution >= 0.6 is 0 Å². The quantitative estimate of drug-likeness (QED) is 0.508. The van der Waals surface area contributed by atoms with Gasteiger partial charge in [-0.15, -0.1) is 0 Å². The summed E-state index contributed by atoms with van der Waals surface area (Å²) in [5.74, 6) is -1.88. The molecule has 1 aliphatic heterocycles. The van der Waals surface area contributed by atoms with Gasteiger partial charge in [-0.3, -0.25) is 19.4 Å². The van der Waals surface area contributed by atoms with Crippen LogP contribution in [0.3, 0.4) is 0 Å². The van der Waals surface area contributed by atoms with Gasteiger partial charge in [-0.2, -0.15) is 0 Å². The highest BCUT2D eigenvalue weighted by Gasteiger charge is 2.30. The Morgan fingerprint density at radius 2 is 1.83 bits per heavy atom. The van der Waals surface area contributed by atoms with E-state index in [1.807, 2.05) is 50.2 Å². The molecule has 0 aliphatic carbocycles. The standard InChI is InChI=1S/C27H34N4O5/c1-18(2)13-23(31-27(35)36-17-19-7-4-3-5-8-19)25(33)30-22-11-10-21-14-20(15-28-16-21)9-6-12-29-26(34)24(22)32/h3-5,7-8,14-16,18,22-23H,6,9-13,17H2,1-2H3,(H,29,34)(H,30,33)(H,31,35). The summed E-state index contributed by atoms with van der Waals surface area (Å²) in [7, 11) is 0. The summed E-state index contributed by atoms with van der Waals surface area (Å²) in [5, 5.41) is 7.95. The van der Waals surface area contributed by atoms with Gasteiger partial charge in [-0.25, -0.2) is 4.79 Å². The number of Topliss-reactive ketones (excluding diaryl/α,β-unsaturated/α-hetero) is 1. The predicted molar refractivity (Wildman–Crippen MR) is 134 cm³/mol. The number of hydrogen-bond acceptors (Lipinski definition) is 6. The average molecular weight is 495 g/mol. The molecule has 0 radical (unpaired) electrons. The second kappa shape index (κ2) is 13.4. The van der Waals surface area contributed by atoms with Gasteiger partial charge in [0.15, 0.2) is 0 Å². The monoisotopic (exact) mass is 494 g/mol. The highest BCUT2D eigenvalue weighted by Crippen LogP contribution is 2.12. The van der Waals surface area contributed by atoms with E-state index in [-0.39, 0.29) is 18.9 Å². The first-order chi connectivity index (χ1) is 17.3. The average Bonchev–Trinajstić information content (AvgIpc) is 2.87. The third-order valence-corrected chi connectivity index (χ3v) is 5.89. The summed E-state index contributed by atoms with van der Waals surface area (Å²) >= 11 is 0. The van der Waals surface area contributed by atoms with E-state index in [9.17, 15) is 19.2 Å². The van der Waals surface area contributed by atoms with Crippen molar-refractivity contribution in [3.05, 3.63) is 65.5 Å². The Hall–Kier alpha value is -3.75. The van der Waals surface area contributed by atoms with Crippen LogP contribution in [0.25, 0.3) is 0 Å². The third-order valence-electron chi connectivity index (χ3n) is 5.89. The van der Waals surface area contributed by atoms with Gasteiger partial charge < -0.3 is 20.7 Å². The molecule has 0 saturated heterocycles. The zero-order chi connectivity index (χ0) is 25.9. The maximum atomic E-state index is 13.2. The highest BCUT2D eigenvalue weighted by atomic mass is 16.5. The summed E-state index contributed by atoms with van der Waals surface area (Å²) in [6, 6.07) is 9.29. The molecule has 1 aliphatic rings. The molecule has 3 rings (SSSR count). The van der Waals surface area contributed by atoms with Gasteiger partial charge in [0, 0.05) is 18.9 Å². The van der Waals surface area contributed by atoms with Gasteiger partial charge in [-0.1, -0.05) is 50.2 Å². The van der Waals surface area contributed by atoms with Crippen molar-refractivity contribution in [2.24, 2.45) is 5.92 Å². The largest absolute Gasteiger partial charge is 0.445 e. The van der Waals surface area contributed by atoms with Gasteiger partial charge in [-0.05, 0) is 54.7 Å². The second-order valence-electron chi connectivity index (χ2n) is 9.41. The highest BCUT2D eigenvalue weighted by molar-refractivity contribution is 6.38. The van der Waals surface area contributed by atoms with Crippen LogP contribution in [-0.4, -0.2) is 47.3 Å². The zero-order valence-electron chi connectivity index (χ0n) is 20.8.